The maximum Gasteiger partial charge on any atom is 0.171 e. The van der Waals surface area contributed by atoms with Crippen LogP contribution < -0.4 is 4.90 Å². The van der Waals surface area contributed by atoms with E-state index >= 15 is 0 Å². The van der Waals surface area contributed by atoms with Gasteiger partial charge in [0.25, 0.3) is 0 Å². The van der Waals surface area contributed by atoms with E-state index in [2.05, 4.69) is 36.1 Å². The molecule has 0 atom stereocenters. The highest BCUT2D eigenvalue weighted by molar-refractivity contribution is 7.99. The number of benzene rings is 3. The van der Waals surface area contributed by atoms with Crippen LogP contribution in [-0.4, -0.2) is 23.3 Å². The van der Waals surface area contributed by atoms with Crippen molar-refractivity contribution in [1.29, 1.82) is 0 Å². The molecule has 1 heterocycles. The molecule has 0 aliphatic carbocycles. The Kier molecular flexibility index (Phi) is 5.49. The summed E-state index contributed by atoms with van der Waals surface area (Å²) in [6.45, 7) is 4.00. The fraction of sp³-hybridized carbons (Fsp3) is 0.250. The molecule has 3 aromatic rings. The average molecular weight is 392 g/mol. The molecule has 0 bridgehead atoms. The molecule has 2 N–H and O–H groups in total. The Balaban J connectivity index is 1.68. The molecule has 4 heteroatoms. The first-order valence-electron chi connectivity index (χ1n) is 9.79. The second-order valence-electron chi connectivity index (χ2n) is 7.10. The van der Waals surface area contributed by atoms with Crippen molar-refractivity contribution < 1.29 is 10.2 Å². The van der Waals surface area contributed by atoms with Gasteiger partial charge >= 0.3 is 0 Å². The molecule has 0 radical (unpaired) electrons. The van der Waals surface area contributed by atoms with Crippen LogP contribution in [0.25, 0.3) is 0 Å². The van der Waals surface area contributed by atoms with Crippen molar-refractivity contribution in [1.82, 2.24) is 0 Å². The van der Waals surface area contributed by atoms with Gasteiger partial charge in [0.1, 0.15) is 0 Å². The standard InChI is InChI=1S/C24H25NO2S/c1-2-17-8-6-7-11-21(17)25-14-12-18-16-22(26)23(27)24(20(18)13-15-25)28-19-9-4-3-5-10-19/h3-11,16,26-27H,2,12-15H2,1H3. The smallest absolute Gasteiger partial charge is 0.171 e. The lowest BCUT2D eigenvalue weighted by molar-refractivity contribution is 0.393. The van der Waals surface area contributed by atoms with Crippen LogP contribution in [0.5, 0.6) is 11.5 Å². The van der Waals surface area contributed by atoms with Crippen molar-refractivity contribution in [2.45, 2.75) is 36.0 Å². The number of rotatable bonds is 4. The van der Waals surface area contributed by atoms with Crippen LogP contribution in [0.1, 0.15) is 23.6 Å². The zero-order valence-corrected chi connectivity index (χ0v) is 16.9. The van der Waals surface area contributed by atoms with Crippen LogP contribution in [0, 0.1) is 0 Å². The third-order valence-corrected chi connectivity index (χ3v) is 6.54. The van der Waals surface area contributed by atoms with Crippen molar-refractivity contribution in [3.8, 4) is 11.5 Å². The van der Waals surface area contributed by atoms with Crippen LogP contribution in [0.3, 0.4) is 0 Å². The summed E-state index contributed by atoms with van der Waals surface area (Å²) in [4.78, 5) is 4.28. The second-order valence-corrected chi connectivity index (χ2v) is 8.18. The molecular formula is C24H25NO2S. The van der Waals surface area contributed by atoms with Crippen LogP contribution in [-0.2, 0) is 19.3 Å². The lowest BCUT2D eigenvalue weighted by Crippen LogP contribution is -2.26. The Bertz CT molecular complexity index is 972. The third kappa shape index (κ3) is 3.69. The predicted molar refractivity (Wildman–Crippen MR) is 116 cm³/mol. The average Bonchev–Trinajstić information content (AvgIpc) is 2.94. The molecule has 3 nitrogen and oxygen atoms in total. The fourth-order valence-corrected chi connectivity index (χ4v) is 5.00. The Morgan fingerprint density at radius 2 is 1.64 bits per heavy atom. The van der Waals surface area contributed by atoms with Gasteiger partial charge < -0.3 is 15.1 Å². The summed E-state index contributed by atoms with van der Waals surface area (Å²) in [7, 11) is 0. The SMILES string of the molecule is CCc1ccccc1N1CCc2cc(O)c(O)c(Sc3ccccc3)c2CC1. The Labute approximate surface area is 170 Å². The molecule has 0 unspecified atom stereocenters. The summed E-state index contributed by atoms with van der Waals surface area (Å²) in [6.07, 6.45) is 2.70. The first-order valence-corrected chi connectivity index (χ1v) is 10.6. The molecule has 0 spiro atoms. The highest BCUT2D eigenvalue weighted by Crippen LogP contribution is 2.44. The molecule has 28 heavy (non-hydrogen) atoms. The number of anilines is 1. The summed E-state index contributed by atoms with van der Waals surface area (Å²) < 4.78 is 0. The van der Waals surface area contributed by atoms with E-state index < -0.39 is 0 Å². The van der Waals surface area contributed by atoms with Gasteiger partial charge in [0.05, 0.1) is 4.90 Å². The summed E-state index contributed by atoms with van der Waals surface area (Å²) in [5, 5.41) is 20.9. The van der Waals surface area contributed by atoms with E-state index in [0.29, 0.717) is 0 Å². The summed E-state index contributed by atoms with van der Waals surface area (Å²) in [5.74, 6) is -0.0328. The van der Waals surface area contributed by atoms with Crippen molar-refractivity contribution in [2.75, 3.05) is 18.0 Å². The van der Waals surface area contributed by atoms with Gasteiger partial charge in [-0.05, 0) is 60.2 Å². The van der Waals surface area contributed by atoms with E-state index in [0.717, 1.165) is 53.3 Å². The maximum atomic E-state index is 10.6. The van der Waals surface area contributed by atoms with Crippen LogP contribution in [0.15, 0.2) is 70.5 Å². The van der Waals surface area contributed by atoms with E-state index in [4.69, 9.17) is 0 Å². The Hall–Kier alpha value is -2.59. The summed E-state index contributed by atoms with van der Waals surface area (Å²) in [5.41, 5.74) is 4.94. The topological polar surface area (TPSA) is 43.7 Å². The molecule has 1 aliphatic heterocycles. The van der Waals surface area contributed by atoms with E-state index in [9.17, 15) is 10.2 Å². The number of phenolic OH excluding ortho intramolecular Hbond substituents is 2. The van der Waals surface area contributed by atoms with E-state index in [1.54, 1.807) is 6.07 Å². The minimum absolute atomic E-state index is 0.00462. The molecule has 0 saturated carbocycles. The molecular weight excluding hydrogens is 366 g/mol. The van der Waals surface area contributed by atoms with E-state index in [1.807, 2.05) is 30.3 Å². The number of para-hydroxylation sites is 1. The van der Waals surface area contributed by atoms with Gasteiger partial charge in [-0.25, -0.2) is 0 Å². The number of phenols is 2. The normalized spacial score (nSPS) is 13.8. The fourth-order valence-electron chi connectivity index (χ4n) is 3.91. The van der Waals surface area contributed by atoms with E-state index in [-0.39, 0.29) is 11.5 Å². The third-order valence-electron chi connectivity index (χ3n) is 5.39. The number of aromatic hydroxyl groups is 2. The lowest BCUT2D eigenvalue weighted by atomic mass is 10.0. The minimum Gasteiger partial charge on any atom is -0.504 e. The number of hydrogen-bond donors (Lipinski definition) is 2. The summed E-state index contributed by atoms with van der Waals surface area (Å²) in [6, 6.07) is 20.4. The first-order chi connectivity index (χ1) is 13.7. The van der Waals surface area contributed by atoms with Gasteiger partial charge in [0.15, 0.2) is 11.5 Å². The van der Waals surface area contributed by atoms with Crippen molar-refractivity contribution in [3.05, 3.63) is 77.4 Å². The molecule has 0 aromatic heterocycles. The molecule has 4 rings (SSSR count). The molecule has 144 valence electrons. The Morgan fingerprint density at radius 3 is 2.43 bits per heavy atom. The van der Waals surface area contributed by atoms with E-state index in [1.165, 1.54) is 23.0 Å². The van der Waals surface area contributed by atoms with Crippen molar-refractivity contribution >= 4 is 17.4 Å². The molecule has 0 fully saturated rings. The zero-order valence-electron chi connectivity index (χ0n) is 16.1. The van der Waals surface area contributed by atoms with Crippen LogP contribution in [0.2, 0.25) is 0 Å². The Morgan fingerprint density at radius 1 is 0.929 bits per heavy atom. The highest BCUT2D eigenvalue weighted by atomic mass is 32.2. The van der Waals surface area contributed by atoms with Gasteiger partial charge in [-0.1, -0.05) is 55.1 Å². The minimum atomic E-state index is -0.0282. The molecule has 0 amide bonds. The molecule has 3 aromatic carbocycles. The quantitative estimate of drug-likeness (QED) is 0.583. The first kappa shape index (κ1) is 18.8. The van der Waals surface area contributed by atoms with Gasteiger partial charge in [0, 0.05) is 23.7 Å². The highest BCUT2D eigenvalue weighted by Gasteiger charge is 2.23. The predicted octanol–water partition coefficient (Wildman–Crippen LogP) is 5.42. The molecule has 1 aliphatic rings. The number of hydrogen-bond acceptors (Lipinski definition) is 4. The van der Waals surface area contributed by atoms with Gasteiger partial charge in [0.2, 0.25) is 0 Å². The molecule has 0 saturated heterocycles. The van der Waals surface area contributed by atoms with Crippen LogP contribution in [0.4, 0.5) is 5.69 Å². The zero-order chi connectivity index (χ0) is 19.5. The van der Waals surface area contributed by atoms with Gasteiger partial charge in [-0.15, -0.1) is 0 Å². The van der Waals surface area contributed by atoms with Crippen molar-refractivity contribution in [2.24, 2.45) is 0 Å². The van der Waals surface area contributed by atoms with Gasteiger partial charge in [-0.2, -0.15) is 0 Å². The summed E-state index contributed by atoms with van der Waals surface area (Å²) >= 11 is 1.53. The second kappa shape index (κ2) is 8.19. The monoisotopic (exact) mass is 391 g/mol. The number of aryl methyl sites for hydroxylation is 1. The van der Waals surface area contributed by atoms with Crippen LogP contribution >= 0.6 is 11.8 Å². The van der Waals surface area contributed by atoms with Crippen molar-refractivity contribution in [3.63, 3.8) is 0 Å². The van der Waals surface area contributed by atoms with Gasteiger partial charge in [-0.3, -0.25) is 0 Å². The maximum absolute atomic E-state index is 10.6. The lowest BCUT2D eigenvalue weighted by Gasteiger charge is -2.25. The largest absolute Gasteiger partial charge is 0.504 e. The number of nitrogens with zero attached hydrogens (tertiary/aromatic N) is 1. The number of fused-ring (bicyclic) bond motifs is 1.